The summed E-state index contributed by atoms with van der Waals surface area (Å²) in [7, 11) is -18.0. The van der Waals surface area contributed by atoms with Crippen LogP contribution in [0.15, 0.2) is 12.3 Å². The zero-order chi connectivity index (χ0) is 86.3. The van der Waals surface area contributed by atoms with Gasteiger partial charge in [0, 0.05) is 57.1 Å². The molecule has 616 valence electrons. The summed E-state index contributed by atoms with van der Waals surface area (Å²) in [6, 6.07) is 0. The minimum atomic E-state index is -4.54. The highest BCUT2D eigenvalue weighted by atomic mass is 127. The predicted octanol–water partition coefficient (Wildman–Crippen LogP) is 10.6. The lowest BCUT2D eigenvalue weighted by atomic mass is 9.87. The first-order valence-corrected chi connectivity index (χ1v) is 51.7. The largest absolute Gasteiger partial charge is 0.748 e. The van der Waals surface area contributed by atoms with Gasteiger partial charge in [0.15, 0.2) is 0 Å². The number of ether oxygens (including phenoxy) is 8. The molecule has 0 atom stereocenters. The van der Waals surface area contributed by atoms with Crippen LogP contribution < -0.4 is 0 Å². The summed E-state index contributed by atoms with van der Waals surface area (Å²) >= 11 is 30.7. The number of rotatable bonds is 27. The third-order valence-electron chi connectivity index (χ3n) is 12.6. The van der Waals surface area contributed by atoms with Gasteiger partial charge < -0.3 is 76.5 Å². The third kappa shape index (κ3) is 36.1. The van der Waals surface area contributed by atoms with Crippen molar-refractivity contribution in [3.05, 3.63) is 114 Å². The van der Waals surface area contributed by atoms with Crippen molar-refractivity contribution < 1.29 is 168 Å². The van der Waals surface area contributed by atoms with Crippen LogP contribution in [-0.4, -0.2) is 206 Å². The number of benzene rings is 4. The van der Waals surface area contributed by atoms with Crippen molar-refractivity contribution in [1.82, 2.24) is 0 Å². The van der Waals surface area contributed by atoms with E-state index in [1.54, 1.807) is 57.2 Å². The summed E-state index contributed by atoms with van der Waals surface area (Å²) in [4.78, 5) is 142. The maximum atomic E-state index is 12.8. The van der Waals surface area contributed by atoms with Crippen molar-refractivity contribution >= 4 is 474 Å². The van der Waals surface area contributed by atoms with E-state index in [9.17, 15) is 130 Å². The van der Waals surface area contributed by atoms with Crippen molar-refractivity contribution in [2.45, 2.75) is 38.2 Å². The molecule has 56 heteroatoms. The van der Waals surface area contributed by atoms with Gasteiger partial charge in [-0.15, -0.1) is 0 Å². The van der Waals surface area contributed by atoms with Gasteiger partial charge in [-0.25, -0.2) is 81.6 Å². The highest BCUT2D eigenvalue weighted by Crippen LogP contribution is 2.39. The molecule has 1 saturated carbocycles. The van der Waals surface area contributed by atoms with Crippen LogP contribution in [0.5, 0.6) is 0 Å². The number of carboxylic acid groups (broad SMARTS) is 4. The van der Waals surface area contributed by atoms with E-state index in [1.165, 1.54) is 0 Å². The molecule has 0 unspecified atom stereocenters. The average Bonchev–Trinajstić information content (AvgIpc) is 0.794. The molecule has 112 heavy (non-hydrogen) atoms. The fraction of sp³-hybridized carbons (Fsp3) is 0.286. The van der Waals surface area contributed by atoms with Crippen LogP contribution in [0.2, 0.25) is 0 Å². The summed E-state index contributed by atoms with van der Waals surface area (Å²) in [6.07, 6.45) is 3.80. The SMILES string of the molecule is O=C(/C=C/OC(=O)c1c(I)c(I)c(I)c(I)c1C(=O)O)OCCS(=O)(=O)[O-].O=C(C#COC(=O)c1c(I)c(I)c(I)c(I)c1C(=O)O)OCCS(=O)(=O)[O-].O=C(CCOC(=O)c1c(I)c(I)c(I)c(I)c1C(=O)O)OCCS(=O)(=O)[O-].O=C(O)c1c(I)c(I)c(I)c(I)c1C(=O)OC1CCC(C(=O)OCCS(=O)(=O)[O-])CC1. The van der Waals surface area contributed by atoms with Gasteiger partial charge >= 0.3 is 71.6 Å². The standard InChI is InChI=1S/C17H16I4O9S.C13H10I4O9S.C13H8I4O9S.C13H6I4O9S/c18-11-9(15(22)23)10(12(19)14(21)13(11)20)17(25)30-8-3-1-7(2-4-8)16(24)29-5-6-31(26,27)28;3*14-8-6(12(19)20)7(9(15)11(17)10(8)16)13(21)26-2-1-5(18)25-3-4-27(22,23)24/h7-8H,1-6H2,(H,22,23)(H,26,27,28);1-4H2,(H,19,20)(H,22,23,24);1-2H,3-4H2,(H,19,20)(H,22,23,24);3-4H2,(H,19,20)(H,22,23,24)/p-4/b;;2-1+;. The Morgan fingerprint density at radius 2 is 0.670 bits per heavy atom. The molecule has 4 aromatic carbocycles. The maximum Gasteiger partial charge on any atom is 0.387 e. The molecule has 0 saturated heterocycles. The van der Waals surface area contributed by atoms with Crippen LogP contribution >= 0.6 is 361 Å². The Balaban J connectivity index is 0.000000508. The molecule has 4 aromatic rings. The molecule has 0 aromatic heterocycles. The van der Waals surface area contributed by atoms with E-state index >= 15 is 0 Å². The minimum Gasteiger partial charge on any atom is -0.748 e. The zero-order valence-corrected chi connectivity index (χ0v) is 91.5. The normalized spacial score (nSPS) is 13.2. The predicted molar refractivity (Wildman–Crippen MR) is 513 cm³/mol. The lowest BCUT2D eigenvalue weighted by molar-refractivity contribution is -0.150. The Morgan fingerprint density at radius 3 is 1.02 bits per heavy atom. The van der Waals surface area contributed by atoms with Gasteiger partial charge in [-0.3, -0.25) is 9.59 Å². The molecule has 0 aliphatic heterocycles. The Morgan fingerprint density at radius 1 is 0.366 bits per heavy atom. The topological polar surface area (TPSA) is 588 Å². The number of carboxylic acids is 4. The van der Waals surface area contributed by atoms with Crippen molar-refractivity contribution in [2.24, 2.45) is 5.92 Å². The number of carbonyl (C=O) groups excluding carboxylic acids is 8. The molecule has 0 bridgehead atoms. The molecule has 36 nitrogen and oxygen atoms in total. The molecule has 1 aliphatic carbocycles. The van der Waals surface area contributed by atoms with Crippen LogP contribution in [0.25, 0.3) is 0 Å². The molecule has 4 N–H and O–H groups in total. The second kappa shape index (κ2) is 50.8. The van der Waals surface area contributed by atoms with Crippen LogP contribution in [-0.2, 0) is 97.5 Å². The van der Waals surface area contributed by atoms with Gasteiger partial charge in [-0.05, 0) is 387 Å². The van der Waals surface area contributed by atoms with E-state index < -0.39 is 180 Å². The maximum absolute atomic E-state index is 12.8. The molecule has 1 fully saturated rings. The number of esters is 8. The Kier molecular flexibility index (Phi) is 49.5. The quantitative estimate of drug-likeness (QED) is 0.00496. The average molecular weight is 3440 g/mol. The molecule has 0 heterocycles. The summed E-state index contributed by atoms with van der Waals surface area (Å²) in [5.41, 5.74) is -1.20. The molecular weight excluding hydrogens is 3410 g/mol. The van der Waals surface area contributed by atoms with Crippen molar-refractivity contribution in [3.63, 3.8) is 0 Å². The first kappa shape index (κ1) is 109. The summed E-state index contributed by atoms with van der Waals surface area (Å²) in [6.45, 7) is -2.80. The zero-order valence-electron chi connectivity index (χ0n) is 53.7. The first-order valence-electron chi connectivity index (χ1n) is 28.2. The van der Waals surface area contributed by atoms with Crippen molar-refractivity contribution in [3.8, 4) is 12.0 Å². The van der Waals surface area contributed by atoms with Crippen LogP contribution in [0, 0.1) is 75.1 Å². The van der Waals surface area contributed by atoms with E-state index in [1.807, 2.05) is 294 Å². The summed E-state index contributed by atoms with van der Waals surface area (Å²) in [5.74, 6) is -14.6. The Bertz CT molecular complexity index is 5020. The summed E-state index contributed by atoms with van der Waals surface area (Å²) < 4.78 is 172. The smallest absolute Gasteiger partial charge is 0.387 e. The van der Waals surface area contributed by atoms with Gasteiger partial charge in [0.25, 0.3) is 0 Å². The van der Waals surface area contributed by atoms with Gasteiger partial charge in [0.05, 0.1) is 132 Å². The lowest BCUT2D eigenvalue weighted by Crippen LogP contribution is -2.30. The van der Waals surface area contributed by atoms with E-state index in [4.69, 9.17) is 18.9 Å². The number of hydrogen-bond donors (Lipinski definition) is 4. The van der Waals surface area contributed by atoms with Gasteiger partial charge in [-0.1, -0.05) is 0 Å². The second-order valence-corrected chi connectivity index (χ2v) is 43.4. The molecule has 5 rings (SSSR count). The molecular formula is C56H36I16O36S4-4. The van der Waals surface area contributed by atoms with Crippen LogP contribution in [0.4, 0.5) is 0 Å². The fourth-order valence-corrected chi connectivity index (χ4v) is 23.4. The fourth-order valence-electron chi connectivity index (χ4n) is 7.65. The highest BCUT2D eigenvalue weighted by molar-refractivity contribution is 14.1. The van der Waals surface area contributed by atoms with E-state index in [2.05, 4.69) is 41.5 Å². The van der Waals surface area contributed by atoms with Gasteiger partial charge in [0.2, 0.25) is 0 Å². The summed E-state index contributed by atoms with van der Waals surface area (Å²) in [5, 5.41) is 37.9. The lowest BCUT2D eigenvalue weighted by Gasteiger charge is -2.27. The van der Waals surface area contributed by atoms with E-state index in [0.717, 1.165) is 7.14 Å². The number of halogens is 16. The highest BCUT2D eigenvalue weighted by Gasteiger charge is 2.36. The molecule has 0 amide bonds. The molecule has 0 radical (unpaired) electrons. The van der Waals surface area contributed by atoms with Gasteiger partial charge in [-0.2, -0.15) is 0 Å². The van der Waals surface area contributed by atoms with Crippen molar-refractivity contribution in [1.29, 1.82) is 0 Å². The number of hydrogen-bond acceptors (Lipinski definition) is 32. The monoisotopic (exact) mass is 3440 g/mol. The third-order valence-corrected chi connectivity index (χ3v) is 44.9. The number of aromatic carboxylic acids is 4. The Hall–Kier alpha value is 1.14. The minimum absolute atomic E-state index is 0.0164. The Labute approximate surface area is 851 Å². The van der Waals surface area contributed by atoms with E-state index in [0.29, 0.717) is 88.0 Å². The second-order valence-electron chi connectivity index (χ2n) is 20.1. The molecule has 1 aliphatic rings. The van der Waals surface area contributed by atoms with Crippen molar-refractivity contribution in [2.75, 3.05) is 56.0 Å². The van der Waals surface area contributed by atoms with Gasteiger partial charge in [0.1, 0.15) is 51.5 Å². The van der Waals surface area contributed by atoms with Crippen LogP contribution in [0.1, 0.15) is 115 Å². The molecule has 0 spiro atoms. The van der Waals surface area contributed by atoms with E-state index in [-0.39, 0.29) is 50.9 Å². The van der Waals surface area contributed by atoms with Crippen LogP contribution in [0.3, 0.4) is 0 Å². The number of carbonyl (C=O) groups is 12. The first-order chi connectivity index (χ1) is 51.4.